The second-order valence-electron chi connectivity index (χ2n) is 3.26. The molecule has 0 fully saturated rings. The molecule has 0 bridgehead atoms. The number of carbonyl (C=O) groups is 1. The maximum Gasteiger partial charge on any atom is 0.221 e. The van der Waals surface area contributed by atoms with Gasteiger partial charge in [0.05, 0.1) is 0 Å². The fraction of sp³-hybridized carbons (Fsp3) is 0.364. The summed E-state index contributed by atoms with van der Waals surface area (Å²) in [5.74, 6) is 0.953. The van der Waals surface area contributed by atoms with Crippen LogP contribution in [0.4, 0.5) is 5.69 Å². The van der Waals surface area contributed by atoms with E-state index in [4.69, 9.17) is 5.73 Å². The summed E-state index contributed by atoms with van der Waals surface area (Å²) >= 11 is 1.67. The van der Waals surface area contributed by atoms with Crippen molar-refractivity contribution in [1.82, 2.24) is 5.32 Å². The first kappa shape index (κ1) is 11.9. The van der Waals surface area contributed by atoms with Crippen molar-refractivity contribution in [3.05, 3.63) is 29.8 Å². The first-order chi connectivity index (χ1) is 7.22. The van der Waals surface area contributed by atoms with E-state index in [1.165, 1.54) is 0 Å². The first-order valence-electron chi connectivity index (χ1n) is 4.82. The standard InChI is InChI=1S/C11H16N2OS/c1-15-6-5-11(14)13-8-9-3-2-4-10(12)7-9/h2-4,7H,5-6,8,12H2,1H3,(H,13,14). The SMILES string of the molecule is CSCCC(=O)NCc1cccc(N)c1. The Hall–Kier alpha value is -1.16. The van der Waals surface area contributed by atoms with Crippen molar-refractivity contribution >= 4 is 23.4 Å². The van der Waals surface area contributed by atoms with Gasteiger partial charge in [0, 0.05) is 24.4 Å². The average molecular weight is 224 g/mol. The predicted molar refractivity (Wildman–Crippen MR) is 65.7 cm³/mol. The lowest BCUT2D eigenvalue weighted by molar-refractivity contribution is -0.120. The number of anilines is 1. The number of nitrogens with two attached hydrogens (primary N) is 1. The Morgan fingerprint density at radius 1 is 1.53 bits per heavy atom. The number of benzene rings is 1. The number of nitrogens with one attached hydrogen (secondary N) is 1. The number of thioether (sulfide) groups is 1. The van der Waals surface area contributed by atoms with Gasteiger partial charge in [0.2, 0.25) is 5.91 Å². The summed E-state index contributed by atoms with van der Waals surface area (Å²) in [5.41, 5.74) is 7.39. The molecule has 3 N–H and O–H groups in total. The lowest BCUT2D eigenvalue weighted by atomic mass is 10.2. The molecule has 0 aliphatic heterocycles. The zero-order chi connectivity index (χ0) is 11.1. The Morgan fingerprint density at radius 3 is 3.00 bits per heavy atom. The minimum atomic E-state index is 0.0896. The van der Waals surface area contributed by atoms with Crippen molar-refractivity contribution < 1.29 is 4.79 Å². The third-order valence-electron chi connectivity index (χ3n) is 1.97. The van der Waals surface area contributed by atoms with Gasteiger partial charge in [0.25, 0.3) is 0 Å². The molecule has 0 saturated heterocycles. The zero-order valence-corrected chi connectivity index (χ0v) is 9.64. The highest BCUT2D eigenvalue weighted by Gasteiger charge is 2.00. The second kappa shape index (κ2) is 6.35. The third-order valence-corrected chi connectivity index (χ3v) is 2.59. The van der Waals surface area contributed by atoms with Gasteiger partial charge < -0.3 is 11.1 Å². The van der Waals surface area contributed by atoms with Gasteiger partial charge in [-0.1, -0.05) is 12.1 Å². The van der Waals surface area contributed by atoms with Crippen LogP contribution < -0.4 is 11.1 Å². The van der Waals surface area contributed by atoms with Crippen LogP contribution in [0.2, 0.25) is 0 Å². The van der Waals surface area contributed by atoms with Crippen LogP contribution in [0.15, 0.2) is 24.3 Å². The van der Waals surface area contributed by atoms with Gasteiger partial charge in [-0.3, -0.25) is 4.79 Å². The number of rotatable bonds is 5. The van der Waals surface area contributed by atoms with Gasteiger partial charge in [-0.05, 0) is 24.0 Å². The van der Waals surface area contributed by atoms with Crippen LogP contribution in [0.1, 0.15) is 12.0 Å². The summed E-state index contributed by atoms with van der Waals surface area (Å²) < 4.78 is 0. The van der Waals surface area contributed by atoms with E-state index in [0.29, 0.717) is 13.0 Å². The summed E-state index contributed by atoms with van der Waals surface area (Å²) in [5, 5.41) is 2.85. The van der Waals surface area contributed by atoms with Crippen LogP contribution >= 0.6 is 11.8 Å². The molecule has 0 aliphatic rings. The summed E-state index contributed by atoms with van der Waals surface area (Å²) in [6, 6.07) is 7.54. The molecule has 15 heavy (non-hydrogen) atoms. The molecule has 1 aromatic carbocycles. The minimum absolute atomic E-state index is 0.0896. The average Bonchev–Trinajstić information content (AvgIpc) is 2.23. The van der Waals surface area contributed by atoms with Crippen LogP contribution in [0.3, 0.4) is 0 Å². The molecule has 0 saturated carbocycles. The highest BCUT2D eigenvalue weighted by Crippen LogP contribution is 2.06. The Morgan fingerprint density at radius 2 is 2.33 bits per heavy atom. The third kappa shape index (κ3) is 4.74. The summed E-state index contributed by atoms with van der Waals surface area (Å²) in [4.78, 5) is 11.3. The maximum atomic E-state index is 11.3. The van der Waals surface area contributed by atoms with Crippen molar-refractivity contribution in [3.8, 4) is 0 Å². The molecule has 0 radical (unpaired) electrons. The lowest BCUT2D eigenvalue weighted by Gasteiger charge is -2.05. The number of amides is 1. The molecule has 4 heteroatoms. The summed E-state index contributed by atoms with van der Waals surface area (Å²) in [7, 11) is 0. The fourth-order valence-electron chi connectivity index (χ4n) is 1.19. The van der Waals surface area contributed by atoms with Crippen LogP contribution in [0.5, 0.6) is 0 Å². The monoisotopic (exact) mass is 224 g/mol. The minimum Gasteiger partial charge on any atom is -0.399 e. The fourth-order valence-corrected chi connectivity index (χ4v) is 1.58. The normalized spacial score (nSPS) is 9.93. The summed E-state index contributed by atoms with van der Waals surface area (Å²) in [6.45, 7) is 0.554. The lowest BCUT2D eigenvalue weighted by Crippen LogP contribution is -2.22. The maximum absolute atomic E-state index is 11.3. The number of hydrogen-bond donors (Lipinski definition) is 2. The van der Waals surface area contributed by atoms with Crippen LogP contribution in [0.25, 0.3) is 0 Å². The van der Waals surface area contributed by atoms with Crippen molar-refractivity contribution in [2.24, 2.45) is 0 Å². The quantitative estimate of drug-likeness (QED) is 0.748. The molecule has 82 valence electrons. The van der Waals surface area contributed by atoms with E-state index in [2.05, 4.69) is 5.32 Å². The van der Waals surface area contributed by atoms with Crippen molar-refractivity contribution in [3.63, 3.8) is 0 Å². The van der Waals surface area contributed by atoms with E-state index in [1.807, 2.05) is 30.5 Å². The van der Waals surface area contributed by atoms with E-state index >= 15 is 0 Å². The Bertz CT molecular complexity index is 328. The molecule has 1 rings (SSSR count). The summed E-state index contributed by atoms with van der Waals surface area (Å²) in [6.07, 6.45) is 2.56. The largest absolute Gasteiger partial charge is 0.399 e. The Kier molecular flexibility index (Phi) is 5.04. The van der Waals surface area contributed by atoms with E-state index in [-0.39, 0.29) is 5.91 Å². The van der Waals surface area contributed by atoms with Gasteiger partial charge in [-0.25, -0.2) is 0 Å². The molecule has 0 aliphatic carbocycles. The number of nitrogen functional groups attached to an aromatic ring is 1. The topological polar surface area (TPSA) is 55.1 Å². The molecule has 0 heterocycles. The molecular weight excluding hydrogens is 208 g/mol. The van der Waals surface area contributed by atoms with Crippen molar-refractivity contribution in [1.29, 1.82) is 0 Å². The van der Waals surface area contributed by atoms with Gasteiger partial charge in [0.15, 0.2) is 0 Å². The molecule has 1 aromatic rings. The number of carbonyl (C=O) groups excluding carboxylic acids is 1. The Balaban J connectivity index is 2.33. The van der Waals surface area contributed by atoms with Crippen LogP contribution in [-0.2, 0) is 11.3 Å². The van der Waals surface area contributed by atoms with Gasteiger partial charge >= 0.3 is 0 Å². The highest BCUT2D eigenvalue weighted by atomic mass is 32.2. The first-order valence-corrected chi connectivity index (χ1v) is 6.22. The van der Waals surface area contributed by atoms with E-state index < -0.39 is 0 Å². The molecule has 1 amide bonds. The smallest absolute Gasteiger partial charge is 0.221 e. The highest BCUT2D eigenvalue weighted by molar-refractivity contribution is 7.98. The molecule has 0 atom stereocenters. The van der Waals surface area contributed by atoms with Crippen molar-refractivity contribution in [2.45, 2.75) is 13.0 Å². The Labute approximate surface area is 94.4 Å². The van der Waals surface area contributed by atoms with E-state index in [0.717, 1.165) is 17.0 Å². The van der Waals surface area contributed by atoms with E-state index in [1.54, 1.807) is 11.8 Å². The predicted octanol–water partition coefficient (Wildman–Crippen LogP) is 1.64. The second-order valence-corrected chi connectivity index (χ2v) is 4.25. The molecule has 0 unspecified atom stereocenters. The molecular formula is C11H16N2OS. The van der Waals surface area contributed by atoms with Gasteiger partial charge in [-0.2, -0.15) is 11.8 Å². The van der Waals surface area contributed by atoms with Crippen molar-refractivity contribution in [2.75, 3.05) is 17.7 Å². The van der Waals surface area contributed by atoms with Crippen LogP contribution in [-0.4, -0.2) is 17.9 Å². The van der Waals surface area contributed by atoms with Gasteiger partial charge in [-0.15, -0.1) is 0 Å². The van der Waals surface area contributed by atoms with Crippen LogP contribution in [0, 0.1) is 0 Å². The molecule has 0 spiro atoms. The number of hydrogen-bond acceptors (Lipinski definition) is 3. The van der Waals surface area contributed by atoms with E-state index in [9.17, 15) is 4.79 Å². The zero-order valence-electron chi connectivity index (χ0n) is 8.82. The molecule has 3 nitrogen and oxygen atoms in total. The molecule has 0 aromatic heterocycles. The van der Waals surface area contributed by atoms with Gasteiger partial charge in [0.1, 0.15) is 0 Å².